The number of ether oxygens (including phenoxy) is 3. The van der Waals surface area contributed by atoms with E-state index >= 15 is 0 Å². The second-order valence-corrected chi connectivity index (χ2v) is 5.30. The van der Waals surface area contributed by atoms with Crippen LogP contribution in [0.1, 0.15) is 11.9 Å². The lowest BCUT2D eigenvalue weighted by molar-refractivity contribution is -0.142. The largest absolute Gasteiger partial charge is 0.495 e. The number of ketones is 1. The highest BCUT2D eigenvalue weighted by Crippen LogP contribution is 2.26. The molecule has 0 radical (unpaired) electrons. The van der Waals surface area contributed by atoms with Crippen molar-refractivity contribution in [3.8, 4) is 5.75 Å². The van der Waals surface area contributed by atoms with Crippen LogP contribution in [0.3, 0.4) is 0 Å². The maximum Gasteiger partial charge on any atom is 0.227 e. The second kappa shape index (κ2) is 8.17. The third-order valence-corrected chi connectivity index (χ3v) is 3.65. The summed E-state index contributed by atoms with van der Waals surface area (Å²) in [4.78, 5) is 12.3. The van der Waals surface area contributed by atoms with E-state index in [-0.39, 0.29) is 11.5 Å². The van der Waals surface area contributed by atoms with E-state index in [4.69, 9.17) is 14.2 Å². The Bertz CT molecular complexity index is 783. The number of rotatable bonds is 6. The van der Waals surface area contributed by atoms with Gasteiger partial charge in [0.2, 0.25) is 12.1 Å². The zero-order valence-corrected chi connectivity index (χ0v) is 13.8. The molecular weight excluding hydrogens is 318 g/mol. The Morgan fingerprint density at radius 2 is 1.92 bits per heavy atom. The summed E-state index contributed by atoms with van der Waals surface area (Å²) in [6.07, 6.45) is 4.05. The third kappa shape index (κ3) is 4.28. The number of allylic oxidation sites excluding steroid dienone is 1. The fourth-order valence-corrected chi connectivity index (χ4v) is 2.39. The molecule has 1 unspecified atom stereocenters. The summed E-state index contributed by atoms with van der Waals surface area (Å²) in [6, 6.07) is 17.0. The summed E-state index contributed by atoms with van der Waals surface area (Å²) in [6.45, 7) is 0.328. The van der Waals surface area contributed by atoms with Gasteiger partial charge in [0.15, 0.2) is 5.76 Å². The van der Waals surface area contributed by atoms with Crippen LogP contribution >= 0.6 is 0 Å². The predicted molar refractivity (Wildman–Crippen MR) is 95.1 cm³/mol. The molecule has 0 amide bonds. The molecule has 1 atom stereocenters. The van der Waals surface area contributed by atoms with Crippen LogP contribution < -0.4 is 10.1 Å². The molecule has 1 aliphatic rings. The average molecular weight is 337 g/mol. The Labute approximate surface area is 146 Å². The molecule has 1 aliphatic heterocycles. The van der Waals surface area contributed by atoms with Crippen molar-refractivity contribution in [2.45, 2.75) is 6.29 Å². The molecule has 0 spiro atoms. The number of hydrogen-bond donors (Lipinski definition) is 1. The van der Waals surface area contributed by atoms with Gasteiger partial charge in [-0.3, -0.25) is 4.79 Å². The monoisotopic (exact) mass is 337 g/mol. The molecule has 0 saturated carbocycles. The SMILES string of the molecule is COc1ccccc1N/C=C\C(=O)C1=CCOC(c2ccccc2)O1. The summed E-state index contributed by atoms with van der Waals surface area (Å²) in [5.74, 6) is 0.745. The smallest absolute Gasteiger partial charge is 0.227 e. The van der Waals surface area contributed by atoms with Crippen molar-refractivity contribution >= 4 is 11.5 Å². The van der Waals surface area contributed by atoms with E-state index in [9.17, 15) is 4.79 Å². The predicted octanol–water partition coefficient (Wildman–Crippen LogP) is 3.82. The average Bonchev–Trinajstić information content (AvgIpc) is 2.69. The summed E-state index contributed by atoms with van der Waals surface area (Å²) in [5, 5.41) is 3.04. The van der Waals surface area contributed by atoms with E-state index in [0.717, 1.165) is 11.3 Å². The zero-order chi connectivity index (χ0) is 17.5. The number of anilines is 1. The van der Waals surface area contributed by atoms with Gasteiger partial charge in [-0.1, -0.05) is 42.5 Å². The Balaban J connectivity index is 1.62. The zero-order valence-electron chi connectivity index (χ0n) is 13.8. The minimum absolute atomic E-state index is 0.230. The summed E-state index contributed by atoms with van der Waals surface area (Å²) < 4.78 is 16.5. The third-order valence-electron chi connectivity index (χ3n) is 3.65. The highest BCUT2D eigenvalue weighted by Gasteiger charge is 2.21. The molecule has 0 aliphatic carbocycles. The molecule has 128 valence electrons. The van der Waals surface area contributed by atoms with Gasteiger partial charge in [0.1, 0.15) is 5.75 Å². The van der Waals surface area contributed by atoms with Crippen LogP contribution in [0, 0.1) is 0 Å². The standard InChI is InChI=1S/C20H19NO4/c1-23-18-10-6-5-9-16(18)21-13-11-17(22)19-12-14-24-20(25-19)15-7-3-2-4-8-15/h2-13,20-21H,14H2,1H3/b13-11-. The molecule has 2 aromatic rings. The van der Waals surface area contributed by atoms with Crippen molar-refractivity contribution in [3.05, 3.63) is 84.3 Å². The molecule has 1 N–H and O–H groups in total. The van der Waals surface area contributed by atoms with Crippen molar-refractivity contribution < 1.29 is 19.0 Å². The number of methoxy groups -OCH3 is 1. The number of hydrogen-bond acceptors (Lipinski definition) is 5. The normalized spacial score (nSPS) is 16.8. The highest BCUT2D eigenvalue weighted by atomic mass is 16.7. The van der Waals surface area contributed by atoms with Gasteiger partial charge in [0, 0.05) is 17.8 Å². The van der Waals surface area contributed by atoms with E-state index < -0.39 is 6.29 Å². The van der Waals surface area contributed by atoms with Gasteiger partial charge in [-0.05, 0) is 18.2 Å². The lowest BCUT2D eigenvalue weighted by Crippen LogP contribution is -2.18. The molecule has 0 saturated heterocycles. The fraction of sp³-hybridized carbons (Fsp3) is 0.150. The molecule has 5 heteroatoms. The molecule has 0 bridgehead atoms. The summed E-state index contributed by atoms with van der Waals surface area (Å²) in [5.41, 5.74) is 1.65. The number of benzene rings is 2. The van der Waals surface area contributed by atoms with Gasteiger partial charge in [-0.25, -0.2) is 0 Å². The molecular formula is C20H19NO4. The maximum atomic E-state index is 12.3. The number of nitrogens with one attached hydrogen (secondary N) is 1. The fourth-order valence-electron chi connectivity index (χ4n) is 2.39. The Morgan fingerprint density at radius 3 is 2.72 bits per heavy atom. The van der Waals surface area contributed by atoms with Crippen LogP contribution in [0.2, 0.25) is 0 Å². The Morgan fingerprint density at radius 1 is 1.16 bits per heavy atom. The van der Waals surface area contributed by atoms with E-state index in [1.165, 1.54) is 6.08 Å². The topological polar surface area (TPSA) is 56.8 Å². The van der Waals surface area contributed by atoms with E-state index in [1.54, 1.807) is 19.4 Å². The summed E-state index contributed by atoms with van der Waals surface area (Å²) in [7, 11) is 1.60. The van der Waals surface area contributed by atoms with Crippen LogP contribution in [0.25, 0.3) is 0 Å². The molecule has 2 aromatic carbocycles. The van der Waals surface area contributed by atoms with Crippen LogP contribution in [-0.4, -0.2) is 19.5 Å². The van der Waals surface area contributed by atoms with E-state index in [1.807, 2.05) is 54.6 Å². The first kappa shape index (κ1) is 16.8. The van der Waals surface area contributed by atoms with Crippen LogP contribution in [0.4, 0.5) is 5.69 Å². The lowest BCUT2D eigenvalue weighted by Gasteiger charge is -2.24. The highest BCUT2D eigenvalue weighted by molar-refractivity contribution is 6.02. The van der Waals surface area contributed by atoms with Crippen molar-refractivity contribution in [1.82, 2.24) is 0 Å². The molecule has 3 rings (SSSR count). The molecule has 0 aromatic heterocycles. The second-order valence-electron chi connectivity index (χ2n) is 5.30. The number of carbonyl (C=O) groups excluding carboxylic acids is 1. The van der Waals surface area contributed by atoms with Crippen LogP contribution in [-0.2, 0) is 14.3 Å². The van der Waals surface area contributed by atoms with Crippen molar-refractivity contribution in [3.63, 3.8) is 0 Å². The Kier molecular flexibility index (Phi) is 5.49. The lowest BCUT2D eigenvalue weighted by atomic mass is 10.2. The molecule has 0 fully saturated rings. The minimum atomic E-state index is -0.569. The quantitative estimate of drug-likeness (QED) is 0.812. The maximum absolute atomic E-state index is 12.3. The first-order chi connectivity index (χ1) is 12.3. The van der Waals surface area contributed by atoms with Gasteiger partial charge < -0.3 is 19.5 Å². The first-order valence-electron chi connectivity index (χ1n) is 7.92. The Hall–Kier alpha value is -3.05. The number of carbonyl (C=O) groups is 1. The van der Waals surface area contributed by atoms with Crippen molar-refractivity contribution in [2.24, 2.45) is 0 Å². The molecule has 25 heavy (non-hydrogen) atoms. The van der Waals surface area contributed by atoms with Gasteiger partial charge in [-0.15, -0.1) is 0 Å². The van der Waals surface area contributed by atoms with Crippen molar-refractivity contribution in [1.29, 1.82) is 0 Å². The van der Waals surface area contributed by atoms with Crippen molar-refractivity contribution in [2.75, 3.05) is 19.0 Å². The van der Waals surface area contributed by atoms with Crippen LogP contribution in [0.5, 0.6) is 5.75 Å². The molecule has 5 nitrogen and oxygen atoms in total. The van der Waals surface area contributed by atoms with E-state index in [2.05, 4.69) is 5.32 Å². The molecule has 1 heterocycles. The van der Waals surface area contributed by atoms with Crippen LogP contribution in [0.15, 0.2) is 78.7 Å². The minimum Gasteiger partial charge on any atom is -0.495 e. The van der Waals surface area contributed by atoms with E-state index in [0.29, 0.717) is 12.4 Å². The van der Waals surface area contributed by atoms with Gasteiger partial charge >= 0.3 is 0 Å². The van der Waals surface area contributed by atoms with Gasteiger partial charge in [-0.2, -0.15) is 0 Å². The first-order valence-corrected chi connectivity index (χ1v) is 7.92. The van der Waals surface area contributed by atoms with Gasteiger partial charge in [0.25, 0.3) is 0 Å². The summed E-state index contributed by atoms with van der Waals surface area (Å²) >= 11 is 0. The number of para-hydroxylation sites is 2. The van der Waals surface area contributed by atoms with Gasteiger partial charge in [0.05, 0.1) is 19.4 Å².